The molecule has 1 saturated heterocycles. The molecule has 0 aliphatic carbocycles. The van der Waals surface area contributed by atoms with E-state index in [1.807, 2.05) is 36.4 Å². The number of hydrogen-bond acceptors (Lipinski definition) is 7. The Morgan fingerprint density at radius 3 is 2.52 bits per heavy atom. The van der Waals surface area contributed by atoms with Crippen molar-refractivity contribution in [2.75, 3.05) is 6.61 Å². The number of carbonyl (C=O) groups excluding carboxylic acids is 3. The summed E-state index contributed by atoms with van der Waals surface area (Å²) in [6, 6.07) is 11.3. The van der Waals surface area contributed by atoms with E-state index >= 15 is 0 Å². The second kappa shape index (κ2) is 10.1. The second-order valence-electron chi connectivity index (χ2n) is 6.50. The molecule has 0 radical (unpaired) electrons. The van der Waals surface area contributed by atoms with Gasteiger partial charge in [-0.15, -0.1) is 0 Å². The van der Waals surface area contributed by atoms with Gasteiger partial charge in [0.05, 0.1) is 11.9 Å². The van der Waals surface area contributed by atoms with Crippen LogP contribution in [0.5, 0.6) is 5.75 Å². The van der Waals surface area contributed by atoms with Crippen molar-refractivity contribution in [2.24, 2.45) is 0 Å². The van der Waals surface area contributed by atoms with Crippen LogP contribution >= 0.6 is 11.8 Å². The van der Waals surface area contributed by atoms with Gasteiger partial charge in [0.1, 0.15) is 12.4 Å². The van der Waals surface area contributed by atoms with Crippen LogP contribution in [0.15, 0.2) is 42.6 Å². The van der Waals surface area contributed by atoms with Crippen molar-refractivity contribution in [1.82, 2.24) is 10.3 Å². The summed E-state index contributed by atoms with van der Waals surface area (Å²) in [7, 11) is 0. The predicted molar refractivity (Wildman–Crippen MR) is 109 cm³/mol. The third-order valence-corrected chi connectivity index (χ3v) is 5.29. The number of thioether (sulfide) groups is 1. The second-order valence-corrected chi connectivity index (χ2v) is 7.68. The van der Waals surface area contributed by atoms with Crippen molar-refractivity contribution < 1.29 is 23.9 Å². The van der Waals surface area contributed by atoms with Gasteiger partial charge in [-0.3, -0.25) is 24.7 Å². The Bertz CT molecular complexity index is 868. The molecule has 0 bridgehead atoms. The number of aromatic nitrogens is 1. The lowest BCUT2D eigenvalue weighted by Crippen LogP contribution is -2.25. The highest BCUT2D eigenvalue weighted by molar-refractivity contribution is 8.15. The van der Waals surface area contributed by atoms with Crippen molar-refractivity contribution in [3.8, 4) is 5.75 Å². The van der Waals surface area contributed by atoms with Crippen LogP contribution < -0.4 is 10.1 Å². The molecule has 1 N–H and O–H groups in total. The number of hydrogen-bond donors (Lipinski definition) is 1. The molecule has 1 aliphatic heterocycles. The first kappa shape index (κ1) is 20.9. The lowest BCUT2D eigenvalue weighted by Gasteiger charge is -2.09. The van der Waals surface area contributed by atoms with Crippen molar-refractivity contribution in [3.05, 3.63) is 59.4 Å². The first-order chi connectivity index (χ1) is 14.0. The predicted octanol–water partition coefficient (Wildman–Crippen LogP) is 3.05. The van der Waals surface area contributed by atoms with Gasteiger partial charge in [0.15, 0.2) is 0 Å². The van der Waals surface area contributed by atoms with Crippen LogP contribution in [0, 0.1) is 0 Å². The number of amides is 2. The van der Waals surface area contributed by atoms with Gasteiger partial charge in [0.25, 0.3) is 5.24 Å². The standard InChI is InChI=1S/C21H22N2O5S/c1-2-19(24)28-13-15-3-6-16(22-12-15)9-10-27-17-7-4-14(5-8-17)11-18-20(25)23-21(26)29-18/h3-8,12,18H,2,9-11,13H2,1H3,(H,23,25,26). The zero-order valence-corrected chi connectivity index (χ0v) is 16.9. The summed E-state index contributed by atoms with van der Waals surface area (Å²) in [6.07, 6.45) is 3.22. The molecule has 152 valence electrons. The van der Waals surface area contributed by atoms with E-state index in [9.17, 15) is 14.4 Å². The fourth-order valence-corrected chi connectivity index (χ4v) is 3.55. The number of rotatable bonds is 9. The molecule has 3 rings (SSSR count). The largest absolute Gasteiger partial charge is 0.493 e. The van der Waals surface area contributed by atoms with Crippen LogP contribution in [0.25, 0.3) is 0 Å². The van der Waals surface area contributed by atoms with Crippen molar-refractivity contribution in [2.45, 2.75) is 38.0 Å². The third-order valence-electron chi connectivity index (χ3n) is 4.31. The maximum absolute atomic E-state index is 11.6. The van der Waals surface area contributed by atoms with E-state index < -0.39 is 0 Å². The van der Waals surface area contributed by atoms with Crippen LogP contribution in [0.2, 0.25) is 0 Å². The molecule has 0 saturated carbocycles. The summed E-state index contributed by atoms with van der Waals surface area (Å²) < 4.78 is 10.8. The number of nitrogens with one attached hydrogen (secondary N) is 1. The van der Waals surface area contributed by atoms with E-state index in [1.54, 1.807) is 13.1 Å². The number of carbonyl (C=O) groups is 3. The van der Waals surface area contributed by atoms with Crippen LogP contribution in [0.3, 0.4) is 0 Å². The summed E-state index contributed by atoms with van der Waals surface area (Å²) in [5.74, 6) is 0.270. The van der Waals surface area contributed by atoms with Gasteiger partial charge in [-0.25, -0.2) is 0 Å². The molecule has 0 spiro atoms. The fraction of sp³-hybridized carbons (Fsp3) is 0.333. The Hall–Kier alpha value is -2.87. The highest BCUT2D eigenvalue weighted by atomic mass is 32.2. The molecule has 1 atom stereocenters. The fourth-order valence-electron chi connectivity index (χ4n) is 2.69. The number of ether oxygens (including phenoxy) is 2. The molecule has 2 aromatic rings. The minimum atomic E-state index is -0.367. The Morgan fingerprint density at radius 1 is 1.14 bits per heavy atom. The number of benzene rings is 1. The van der Waals surface area contributed by atoms with E-state index in [4.69, 9.17) is 9.47 Å². The van der Waals surface area contributed by atoms with Gasteiger partial charge in [-0.1, -0.05) is 36.9 Å². The SMILES string of the molecule is CCC(=O)OCc1ccc(CCOc2ccc(CC3SC(=O)NC3=O)cc2)nc1. The first-order valence-electron chi connectivity index (χ1n) is 9.36. The Labute approximate surface area is 173 Å². The van der Waals surface area contributed by atoms with Gasteiger partial charge in [-0.2, -0.15) is 0 Å². The number of imide groups is 1. The molecule has 2 amide bonds. The van der Waals surface area contributed by atoms with Gasteiger partial charge >= 0.3 is 5.97 Å². The van der Waals surface area contributed by atoms with E-state index in [0.717, 1.165) is 34.3 Å². The monoisotopic (exact) mass is 414 g/mol. The van der Waals surface area contributed by atoms with Crippen LogP contribution in [-0.4, -0.2) is 34.0 Å². The highest BCUT2D eigenvalue weighted by Crippen LogP contribution is 2.23. The smallest absolute Gasteiger partial charge is 0.305 e. The van der Waals surface area contributed by atoms with Crippen LogP contribution in [0.4, 0.5) is 4.79 Å². The number of esters is 1. The van der Waals surface area contributed by atoms with Crippen molar-refractivity contribution in [1.29, 1.82) is 0 Å². The summed E-state index contributed by atoms with van der Waals surface area (Å²) in [6.45, 7) is 2.47. The van der Waals surface area contributed by atoms with E-state index in [2.05, 4.69) is 10.3 Å². The minimum Gasteiger partial charge on any atom is -0.493 e. The van der Waals surface area contributed by atoms with Crippen LogP contribution in [-0.2, 0) is 33.8 Å². The molecule has 1 fully saturated rings. The Morgan fingerprint density at radius 2 is 1.90 bits per heavy atom. The highest BCUT2D eigenvalue weighted by Gasteiger charge is 2.31. The van der Waals surface area contributed by atoms with Gasteiger partial charge in [0.2, 0.25) is 5.91 Å². The number of pyridine rings is 1. The number of nitrogens with zero attached hydrogens (tertiary/aromatic N) is 1. The molecule has 2 heterocycles. The molecular formula is C21H22N2O5S. The first-order valence-corrected chi connectivity index (χ1v) is 10.2. The Kier molecular flexibility index (Phi) is 7.24. The van der Waals surface area contributed by atoms with Crippen molar-refractivity contribution in [3.63, 3.8) is 0 Å². The molecule has 1 aromatic heterocycles. The summed E-state index contributed by atoms with van der Waals surface area (Å²) in [4.78, 5) is 38.4. The lowest BCUT2D eigenvalue weighted by molar-refractivity contribution is -0.144. The van der Waals surface area contributed by atoms with E-state index in [1.165, 1.54) is 0 Å². The summed E-state index contributed by atoms with van der Waals surface area (Å²) in [5, 5.41) is 1.64. The maximum Gasteiger partial charge on any atom is 0.305 e. The summed E-state index contributed by atoms with van der Waals surface area (Å²) in [5.41, 5.74) is 2.71. The third kappa shape index (κ3) is 6.32. The normalized spacial score (nSPS) is 15.8. The van der Waals surface area contributed by atoms with Crippen molar-refractivity contribution >= 4 is 28.9 Å². The van der Waals surface area contributed by atoms with Crippen LogP contribution in [0.1, 0.15) is 30.2 Å². The molecule has 1 aromatic carbocycles. The van der Waals surface area contributed by atoms with E-state index in [0.29, 0.717) is 25.9 Å². The molecule has 8 heteroatoms. The average Bonchev–Trinajstić information content (AvgIpc) is 3.05. The zero-order chi connectivity index (χ0) is 20.6. The zero-order valence-electron chi connectivity index (χ0n) is 16.1. The van der Waals surface area contributed by atoms with Gasteiger partial charge < -0.3 is 9.47 Å². The quantitative estimate of drug-likeness (QED) is 0.630. The average molecular weight is 414 g/mol. The minimum absolute atomic E-state index is 0.229. The Balaban J connectivity index is 1.41. The van der Waals surface area contributed by atoms with E-state index in [-0.39, 0.29) is 29.0 Å². The molecule has 7 nitrogen and oxygen atoms in total. The summed E-state index contributed by atoms with van der Waals surface area (Å²) >= 11 is 1.03. The lowest BCUT2D eigenvalue weighted by atomic mass is 10.1. The topological polar surface area (TPSA) is 94.6 Å². The molecular weight excluding hydrogens is 392 g/mol. The maximum atomic E-state index is 11.6. The van der Waals surface area contributed by atoms with Gasteiger partial charge in [0, 0.05) is 30.3 Å². The molecule has 29 heavy (non-hydrogen) atoms. The molecule has 1 aliphatic rings. The van der Waals surface area contributed by atoms with Gasteiger partial charge in [-0.05, 0) is 30.2 Å². The molecule has 1 unspecified atom stereocenters.